The van der Waals surface area contributed by atoms with Crippen LogP contribution in [-0.4, -0.2) is 45.2 Å². The van der Waals surface area contributed by atoms with E-state index in [4.69, 9.17) is 16.3 Å². The molecule has 9 heteroatoms. The summed E-state index contributed by atoms with van der Waals surface area (Å²) in [6.07, 6.45) is -0.762. The molecule has 0 amide bonds. The van der Waals surface area contributed by atoms with Crippen LogP contribution in [0.1, 0.15) is 6.42 Å². The van der Waals surface area contributed by atoms with Gasteiger partial charge in [0, 0.05) is 12.0 Å². The van der Waals surface area contributed by atoms with Crippen molar-refractivity contribution in [1.82, 2.24) is 0 Å². The molecule has 1 aromatic carbocycles. The van der Waals surface area contributed by atoms with Crippen LogP contribution in [0.3, 0.4) is 0 Å². The number of benzene rings is 1. The van der Waals surface area contributed by atoms with Crippen molar-refractivity contribution in [1.29, 1.82) is 0 Å². The lowest BCUT2D eigenvalue weighted by atomic mass is 9.81. The minimum absolute atomic E-state index is 0.0418. The largest absolute Gasteiger partial charge is 0.468 e. The first-order chi connectivity index (χ1) is 12.2. The Hall–Kier alpha value is -2.87. The number of halogens is 1. The Morgan fingerprint density at radius 3 is 1.85 bits per heavy atom. The molecule has 140 valence electrons. The highest BCUT2D eigenvalue weighted by molar-refractivity contribution is 6.32. The molecule has 0 fully saturated rings. The van der Waals surface area contributed by atoms with E-state index in [1.807, 2.05) is 0 Å². The Balaban J connectivity index is 3.17. The van der Waals surface area contributed by atoms with Gasteiger partial charge in [-0.25, -0.2) is 4.79 Å². The molecule has 0 aliphatic rings. The number of ether oxygens (including phenoxy) is 4. The summed E-state index contributed by atoms with van der Waals surface area (Å²) in [5, 5.41) is 0.161. The van der Waals surface area contributed by atoms with E-state index < -0.39 is 35.7 Å². The fraction of sp³-hybridized carbons (Fsp3) is 0.294. The Morgan fingerprint density at radius 2 is 1.42 bits per heavy atom. The van der Waals surface area contributed by atoms with Crippen molar-refractivity contribution in [2.24, 2.45) is 5.41 Å². The van der Waals surface area contributed by atoms with Gasteiger partial charge in [-0.15, -0.1) is 0 Å². The molecule has 0 heterocycles. The number of hydrogen-bond acceptors (Lipinski definition) is 8. The predicted octanol–water partition coefficient (Wildman–Crippen LogP) is 1.70. The number of esters is 4. The third-order valence-corrected chi connectivity index (χ3v) is 3.72. The summed E-state index contributed by atoms with van der Waals surface area (Å²) in [6.45, 7) is 3.47. The van der Waals surface area contributed by atoms with Crippen LogP contribution in [0, 0.1) is 5.41 Å². The van der Waals surface area contributed by atoms with Gasteiger partial charge in [0.05, 0.1) is 26.4 Å². The van der Waals surface area contributed by atoms with Crippen molar-refractivity contribution < 1.29 is 38.1 Å². The molecule has 0 saturated carbocycles. The minimum Gasteiger partial charge on any atom is -0.468 e. The highest BCUT2D eigenvalue weighted by Crippen LogP contribution is 2.32. The topological polar surface area (TPSA) is 105 Å². The monoisotopic (exact) mass is 384 g/mol. The molecule has 0 atom stereocenters. The number of rotatable bonds is 7. The summed E-state index contributed by atoms with van der Waals surface area (Å²) in [5.41, 5.74) is -2.92. The minimum atomic E-state index is -2.55. The summed E-state index contributed by atoms with van der Waals surface area (Å²) >= 11 is 5.90. The predicted molar refractivity (Wildman–Crippen MR) is 89.3 cm³/mol. The van der Waals surface area contributed by atoms with Crippen LogP contribution in [0.15, 0.2) is 36.4 Å². The summed E-state index contributed by atoms with van der Waals surface area (Å²) < 4.78 is 18.6. The molecule has 0 aliphatic carbocycles. The molecule has 0 spiro atoms. The molecule has 8 nitrogen and oxygen atoms in total. The van der Waals surface area contributed by atoms with E-state index in [0.717, 1.165) is 21.3 Å². The van der Waals surface area contributed by atoms with Crippen LogP contribution in [0.4, 0.5) is 0 Å². The molecule has 0 aromatic heterocycles. The van der Waals surface area contributed by atoms with Crippen molar-refractivity contribution >= 4 is 35.5 Å². The van der Waals surface area contributed by atoms with Gasteiger partial charge in [0.25, 0.3) is 5.41 Å². The summed E-state index contributed by atoms with van der Waals surface area (Å²) in [5.74, 6) is -4.74. The van der Waals surface area contributed by atoms with Gasteiger partial charge in [-0.2, -0.15) is 0 Å². The first kappa shape index (κ1) is 21.2. The molecule has 0 unspecified atom stereocenters. The second kappa shape index (κ2) is 9.00. The van der Waals surface area contributed by atoms with Gasteiger partial charge < -0.3 is 18.9 Å². The average molecular weight is 385 g/mol. The van der Waals surface area contributed by atoms with Crippen molar-refractivity contribution in [2.75, 3.05) is 21.3 Å². The number of carbonyl (C=O) groups is 4. The lowest BCUT2D eigenvalue weighted by Crippen LogP contribution is -2.49. The van der Waals surface area contributed by atoms with E-state index in [1.165, 1.54) is 12.1 Å². The van der Waals surface area contributed by atoms with Gasteiger partial charge in [-0.3, -0.25) is 14.4 Å². The van der Waals surface area contributed by atoms with Crippen molar-refractivity contribution in [2.45, 2.75) is 6.42 Å². The third-order valence-electron chi connectivity index (χ3n) is 3.41. The molecule has 26 heavy (non-hydrogen) atoms. The van der Waals surface area contributed by atoms with Gasteiger partial charge in [0.1, 0.15) is 5.75 Å². The Morgan fingerprint density at radius 1 is 0.962 bits per heavy atom. The Bertz CT molecular complexity index is 699. The van der Waals surface area contributed by atoms with Gasteiger partial charge in [-0.1, -0.05) is 30.3 Å². The molecule has 1 rings (SSSR count). The van der Waals surface area contributed by atoms with Gasteiger partial charge >= 0.3 is 23.9 Å². The molecule has 0 N–H and O–H groups in total. The first-order valence-corrected chi connectivity index (χ1v) is 7.52. The van der Waals surface area contributed by atoms with Crippen LogP contribution in [0.5, 0.6) is 5.75 Å². The zero-order valence-corrected chi connectivity index (χ0v) is 15.1. The maximum Gasteiger partial charge on any atom is 0.338 e. The van der Waals surface area contributed by atoms with E-state index in [0.29, 0.717) is 0 Å². The van der Waals surface area contributed by atoms with E-state index >= 15 is 0 Å². The van der Waals surface area contributed by atoms with Gasteiger partial charge in [0.2, 0.25) is 0 Å². The number of para-hydroxylation sites is 1. The maximum absolute atomic E-state index is 12.2. The number of methoxy groups -OCH3 is 3. The number of hydrogen-bond donors (Lipinski definition) is 0. The van der Waals surface area contributed by atoms with Crippen molar-refractivity contribution in [3.05, 3.63) is 41.4 Å². The lowest BCUT2D eigenvalue weighted by Gasteiger charge is -2.25. The van der Waals surface area contributed by atoms with E-state index in [-0.39, 0.29) is 16.3 Å². The summed E-state index contributed by atoms with van der Waals surface area (Å²) in [7, 11) is 2.90. The summed E-state index contributed by atoms with van der Waals surface area (Å²) in [4.78, 5) is 48.7. The molecule has 0 saturated heterocycles. The van der Waals surface area contributed by atoms with Crippen LogP contribution >= 0.6 is 11.6 Å². The molecule has 0 radical (unpaired) electrons. The fourth-order valence-electron chi connectivity index (χ4n) is 2.08. The van der Waals surface area contributed by atoms with Crippen LogP contribution in [0.2, 0.25) is 5.02 Å². The fourth-order valence-corrected chi connectivity index (χ4v) is 2.26. The maximum atomic E-state index is 12.2. The SMILES string of the molecule is C=C(CC(C(=O)OC)(C(=O)OC)C(=O)OC)C(=O)Oc1ccccc1Cl. The average Bonchev–Trinajstić information content (AvgIpc) is 2.65. The molecule has 1 aromatic rings. The zero-order chi connectivity index (χ0) is 19.9. The van der Waals surface area contributed by atoms with Gasteiger partial charge in [-0.05, 0) is 12.1 Å². The zero-order valence-electron chi connectivity index (χ0n) is 14.4. The first-order valence-electron chi connectivity index (χ1n) is 7.14. The Kier molecular flexibility index (Phi) is 7.33. The highest BCUT2D eigenvalue weighted by Gasteiger charge is 2.57. The molecule has 0 bridgehead atoms. The molecule has 0 aliphatic heterocycles. The second-order valence-corrected chi connectivity index (χ2v) is 5.39. The molecular weight excluding hydrogens is 368 g/mol. The normalized spacial score (nSPS) is 10.5. The van der Waals surface area contributed by atoms with Crippen LogP contribution in [-0.2, 0) is 33.4 Å². The van der Waals surface area contributed by atoms with E-state index in [2.05, 4.69) is 20.8 Å². The number of carbonyl (C=O) groups excluding carboxylic acids is 4. The van der Waals surface area contributed by atoms with E-state index in [1.54, 1.807) is 12.1 Å². The van der Waals surface area contributed by atoms with Crippen LogP contribution < -0.4 is 4.74 Å². The van der Waals surface area contributed by atoms with Crippen molar-refractivity contribution in [3.8, 4) is 5.75 Å². The Labute approximate surface area is 154 Å². The quantitative estimate of drug-likeness (QED) is 0.230. The lowest BCUT2D eigenvalue weighted by molar-refractivity contribution is -0.180. The smallest absolute Gasteiger partial charge is 0.338 e. The standard InChI is InChI=1S/C17H17ClO8/c1-10(13(19)26-12-8-6-5-7-11(12)18)9-17(14(20)23-2,15(21)24-3)16(22)25-4/h5-8H,1,9H2,2-4H3. The van der Waals surface area contributed by atoms with Crippen molar-refractivity contribution in [3.63, 3.8) is 0 Å². The summed E-state index contributed by atoms with van der Waals surface area (Å²) in [6, 6.07) is 6.14. The molecular formula is C17H17ClO8. The third kappa shape index (κ3) is 4.20. The highest BCUT2D eigenvalue weighted by atomic mass is 35.5. The van der Waals surface area contributed by atoms with Gasteiger partial charge in [0.15, 0.2) is 0 Å². The second-order valence-electron chi connectivity index (χ2n) is 4.98. The van der Waals surface area contributed by atoms with Crippen LogP contribution in [0.25, 0.3) is 0 Å². The van der Waals surface area contributed by atoms with E-state index in [9.17, 15) is 19.2 Å².